The number of hydrogen-bond acceptors (Lipinski definition) is 2. The van der Waals surface area contributed by atoms with Crippen LogP contribution in [0.4, 0.5) is 0 Å². The normalized spacial score (nSPS) is 15.6. The first-order chi connectivity index (χ1) is 12.2. The van der Waals surface area contributed by atoms with E-state index in [0.29, 0.717) is 5.56 Å². The van der Waals surface area contributed by atoms with Crippen molar-refractivity contribution in [1.29, 1.82) is 0 Å². The number of amides is 1. The van der Waals surface area contributed by atoms with Crippen molar-refractivity contribution in [2.24, 2.45) is 11.7 Å². The van der Waals surface area contributed by atoms with Crippen molar-refractivity contribution < 1.29 is 4.79 Å². The van der Waals surface area contributed by atoms with Crippen LogP contribution < -0.4 is 10.7 Å². The van der Waals surface area contributed by atoms with Crippen LogP contribution in [0.25, 0.3) is 10.9 Å². The highest BCUT2D eigenvalue weighted by Gasteiger charge is 2.21. The van der Waals surface area contributed by atoms with E-state index in [4.69, 9.17) is 5.73 Å². The fraction of sp³-hybridized carbons (Fsp3) is 0.286. The minimum Gasteiger partial charge on any atom is -0.366 e. The molecular weight excluding hydrogens is 310 g/mol. The zero-order valence-corrected chi connectivity index (χ0v) is 14.3. The molecule has 2 aromatic carbocycles. The van der Waals surface area contributed by atoms with E-state index in [1.54, 1.807) is 6.07 Å². The van der Waals surface area contributed by atoms with Gasteiger partial charge in [-0.1, -0.05) is 36.4 Å². The first-order valence-electron chi connectivity index (χ1n) is 8.91. The zero-order valence-electron chi connectivity index (χ0n) is 14.3. The Balaban J connectivity index is 1.49. The number of hydrogen-bond donors (Lipinski definition) is 1. The summed E-state index contributed by atoms with van der Waals surface area (Å²) < 4.78 is 2.18. The molecule has 0 aliphatic carbocycles. The fourth-order valence-electron chi connectivity index (χ4n) is 3.90. The quantitative estimate of drug-likeness (QED) is 0.796. The van der Waals surface area contributed by atoms with Gasteiger partial charge in [0.05, 0.1) is 5.52 Å². The van der Waals surface area contributed by atoms with Gasteiger partial charge in [-0.05, 0) is 48.9 Å². The topological polar surface area (TPSA) is 51.3 Å². The summed E-state index contributed by atoms with van der Waals surface area (Å²) in [5.41, 5.74) is 8.57. The number of nitrogens with two attached hydrogens (primary N) is 1. The summed E-state index contributed by atoms with van der Waals surface area (Å²) in [5, 5.41) is 3.30. The van der Waals surface area contributed by atoms with E-state index in [2.05, 4.69) is 52.3 Å². The summed E-state index contributed by atoms with van der Waals surface area (Å²) >= 11 is 0. The molecule has 1 aliphatic rings. The Bertz CT molecular complexity index is 877. The Hall–Kier alpha value is -2.75. The summed E-state index contributed by atoms with van der Waals surface area (Å²) in [6.45, 7) is 2.06. The van der Waals surface area contributed by atoms with Crippen LogP contribution in [0.5, 0.6) is 0 Å². The van der Waals surface area contributed by atoms with Gasteiger partial charge in [-0.2, -0.15) is 0 Å². The molecule has 0 saturated carbocycles. The number of rotatable bonds is 4. The lowest BCUT2D eigenvalue weighted by Gasteiger charge is -2.34. The lowest BCUT2D eigenvalue weighted by Crippen LogP contribution is -2.41. The highest BCUT2D eigenvalue weighted by atomic mass is 16.1. The standard InChI is InChI=1S/C21H23N3O/c22-21(25)19-7-4-8-20-18(19)11-14-24(20)23-12-9-17(10-13-23)15-16-5-2-1-3-6-16/h1-8,11,14,17H,9-10,12-13,15H2,(H2,22,25). The molecule has 1 fully saturated rings. The molecule has 0 spiro atoms. The van der Waals surface area contributed by atoms with Gasteiger partial charge in [0.1, 0.15) is 0 Å². The van der Waals surface area contributed by atoms with Crippen molar-refractivity contribution in [2.75, 3.05) is 18.1 Å². The van der Waals surface area contributed by atoms with Gasteiger partial charge in [0.15, 0.2) is 0 Å². The highest BCUT2D eigenvalue weighted by molar-refractivity contribution is 6.05. The Morgan fingerprint density at radius 2 is 1.76 bits per heavy atom. The van der Waals surface area contributed by atoms with Crippen LogP contribution in [0, 0.1) is 5.92 Å². The molecule has 0 unspecified atom stereocenters. The van der Waals surface area contributed by atoms with Crippen LogP contribution in [-0.2, 0) is 6.42 Å². The molecule has 4 nitrogen and oxygen atoms in total. The van der Waals surface area contributed by atoms with Gasteiger partial charge < -0.3 is 10.7 Å². The van der Waals surface area contributed by atoms with Crippen molar-refractivity contribution in [1.82, 2.24) is 4.68 Å². The summed E-state index contributed by atoms with van der Waals surface area (Å²) in [7, 11) is 0. The molecule has 1 saturated heterocycles. The van der Waals surface area contributed by atoms with Crippen LogP contribution in [0.3, 0.4) is 0 Å². The van der Waals surface area contributed by atoms with Gasteiger partial charge in [-0.15, -0.1) is 0 Å². The first-order valence-corrected chi connectivity index (χ1v) is 8.91. The van der Waals surface area contributed by atoms with Crippen molar-refractivity contribution in [3.63, 3.8) is 0 Å². The molecule has 2 N–H and O–H groups in total. The Morgan fingerprint density at radius 3 is 2.48 bits per heavy atom. The largest absolute Gasteiger partial charge is 0.366 e. The van der Waals surface area contributed by atoms with E-state index >= 15 is 0 Å². The maximum Gasteiger partial charge on any atom is 0.249 e. The molecule has 2 heterocycles. The van der Waals surface area contributed by atoms with E-state index in [-0.39, 0.29) is 5.91 Å². The number of aromatic nitrogens is 1. The molecular formula is C21H23N3O. The minimum atomic E-state index is -0.370. The zero-order chi connectivity index (χ0) is 17.2. The SMILES string of the molecule is NC(=O)c1cccc2c1ccn2N1CCC(Cc2ccccc2)CC1. The monoisotopic (exact) mass is 333 g/mol. The van der Waals surface area contributed by atoms with Crippen molar-refractivity contribution in [3.8, 4) is 0 Å². The van der Waals surface area contributed by atoms with E-state index in [1.165, 1.54) is 18.4 Å². The lowest BCUT2D eigenvalue weighted by molar-refractivity contribution is 0.100. The predicted octanol–water partition coefficient (Wildman–Crippen LogP) is 3.33. The van der Waals surface area contributed by atoms with Crippen LogP contribution in [-0.4, -0.2) is 23.7 Å². The van der Waals surface area contributed by atoms with Gasteiger partial charge in [-0.3, -0.25) is 9.47 Å². The minimum absolute atomic E-state index is 0.370. The van der Waals surface area contributed by atoms with E-state index < -0.39 is 0 Å². The molecule has 4 heteroatoms. The highest BCUT2D eigenvalue weighted by Crippen LogP contribution is 2.25. The molecule has 3 aromatic rings. The lowest BCUT2D eigenvalue weighted by atomic mass is 9.91. The molecule has 25 heavy (non-hydrogen) atoms. The second kappa shape index (κ2) is 6.63. The molecule has 0 bridgehead atoms. The molecule has 1 amide bonds. The third kappa shape index (κ3) is 3.12. The molecule has 1 aromatic heterocycles. The third-order valence-corrected chi connectivity index (χ3v) is 5.24. The van der Waals surface area contributed by atoms with Gasteiger partial charge in [0.25, 0.3) is 0 Å². The van der Waals surface area contributed by atoms with Crippen LogP contribution in [0.15, 0.2) is 60.8 Å². The summed E-state index contributed by atoms with van der Waals surface area (Å²) in [6.07, 6.45) is 5.58. The number of fused-ring (bicyclic) bond motifs is 1. The molecule has 4 rings (SSSR count). The second-order valence-electron chi connectivity index (χ2n) is 6.85. The van der Waals surface area contributed by atoms with Gasteiger partial charge in [0, 0.05) is 30.2 Å². The average Bonchev–Trinajstić information content (AvgIpc) is 3.07. The molecule has 0 atom stereocenters. The maximum absolute atomic E-state index is 11.6. The van der Waals surface area contributed by atoms with E-state index in [0.717, 1.165) is 36.3 Å². The summed E-state index contributed by atoms with van der Waals surface area (Å²) in [4.78, 5) is 11.6. The van der Waals surface area contributed by atoms with Gasteiger partial charge in [0.2, 0.25) is 5.91 Å². The van der Waals surface area contributed by atoms with E-state index in [9.17, 15) is 4.79 Å². The van der Waals surface area contributed by atoms with Crippen LogP contribution in [0.1, 0.15) is 28.8 Å². The van der Waals surface area contributed by atoms with Crippen LogP contribution in [0.2, 0.25) is 0 Å². The van der Waals surface area contributed by atoms with Crippen molar-refractivity contribution >= 4 is 16.8 Å². The molecule has 128 valence electrons. The summed E-state index contributed by atoms with van der Waals surface area (Å²) in [5.74, 6) is 0.367. The number of piperidine rings is 1. The Morgan fingerprint density at radius 1 is 1.00 bits per heavy atom. The summed E-state index contributed by atoms with van der Waals surface area (Å²) in [6, 6.07) is 18.5. The number of primary amides is 1. The first kappa shape index (κ1) is 15.8. The number of benzene rings is 2. The van der Waals surface area contributed by atoms with Gasteiger partial charge in [-0.25, -0.2) is 0 Å². The maximum atomic E-state index is 11.6. The number of carbonyl (C=O) groups excluding carboxylic acids is 1. The average molecular weight is 333 g/mol. The van der Waals surface area contributed by atoms with E-state index in [1.807, 2.05) is 12.1 Å². The fourth-order valence-corrected chi connectivity index (χ4v) is 3.90. The predicted molar refractivity (Wildman–Crippen MR) is 101 cm³/mol. The third-order valence-electron chi connectivity index (χ3n) is 5.24. The van der Waals surface area contributed by atoms with Crippen molar-refractivity contribution in [3.05, 3.63) is 71.9 Å². The van der Waals surface area contributed by atoms with Crippen LogP contribution >= 0.6 is 0 Å². The Labute approximate surface area is 147 Å². The smallest absolute Gasteiger partial charge is 0.249 e. The molecule has 1 aliphatic heterocycles. The second-order valence-corrected chi connectivity index (χ2v) is 6.85. The number of carbonyl (C=O) groups is 1. The Kier molecular flexibility index (Phi) is 4.18. The van der Waals surface area contributed by atoms with Gasteiger partial charge >= 0.3 is 0 Å². The number of nitrogens with zero attached hydrogens (tertiary/aromatic N) is 2. The van der Waals surface area contributed by atoms with Crippen molar-refractivity contribution in [2.45, 2.75) is 19.3 Å². The molecule has 0 radical (unpaired) electrons.